The molecule has 2 amide bonds. The Morgan fingerprint density at radius 2 is 1.72 bits per heavy atom. The van der Waals surface area contributed by atoms with Crippen molar-refractivity contribution in [3.63, 3.8) is 0 Å². The van der Waals surface area contributed by atoms with Gasteiger partial charge in [0, 0.05) is 0 Å². The van der Waals surface area contributed by atoms with Crippen molar-refractivity contribution in [1.82, 2.24) is 10.6 Å². The largest absolute Gasteiger partial charge is 0.467 e. The molecule has 6 heteroatoms. The van der Waals surface area contributed by atoms with E-state index < -0.39 is 29.9 Å². The van der Waals surface area contributed by atoms with Crippen molar-refractivity contribution in [2.45, 2.75) is 12.1 Å². The molecule has 0 spiro atoms. The number of hydrogen-bond acceptors (Lipinski definition) is 4. The van der Waals surface area contributed by atoms with Crippen molar-refractivity contribution < 1.29 is 19.1 Å². The van der Waals surface area contributed by atoms with E-state index in [9.17, 15) is 14.4 Å². The monoisotopic (exact) mass is 248 g/mol. The summed E-state index contributed by atoms with van der Waals surface area (Å²) in [6.07, 6.45) is 0. The number of nitrogens with one attached hydrogen (secondary N) is 2. The summed E-state index contributed by atoms with van der Waals surface area (Å²) in [6, 6.07) is 7.38. The Kier molecular flexibility index (Phi) is 3.27. The molecule has 6 nitrogen and oxygen atoms in total. The van der Waals surface area contributed by atoms with Gasteiger partial charge in [0.2, 0.25) is 0 Å². The van der Waals surface area contributed by atoms with Crippen LogP contribution in [0.15, 0.2) is 30.3 Å². The molecule has 1 aliphatic heterocycles. The third-order valence-corrected chi connectivity index (χ3v) is 2.73. The number of amides is 2. The van der Waals surface area contributed by atoms with E-state index in [0.29, 0.717) is 0 Å². The molecule has 1 saturated heterocycles. The number of carbonyl (C=O) groups is 3. The summed E-state index contributed by atoms with van der Waals surface area (Å²) in [5.41, 5.74) is 0.723. The van der Waals surface area contributed by atoms with Crippen LogP contribution in [0.4, 0.5) is 0 Å². The second-order valence-corrected chi connectivity index (χ2v) is 3.84. The third kappa shape index (κ3) is 2.17. The lowest BCUT2D eigenvalue weighted by molar-refractivity contribution is -0.151. The summed E-state index contributed by atoms with van der Waals surface area (Å²) in [5.74, 6) is -2.20. The molecule has 0 radical (unpaired) electrons. The standard InChI is InChI=1S/C12H12N2O4/c1-18-12(17)9-8(7-5-3-2-4-6-7)13-10(15)11(16)14-9/h2-6,8-9H,1H3,(H,13,15)(H,14,16)/t8-,9+/m1/s1. The minimum atomic E-state index is -0.914. The lowest BCUT2D eigenvalue weighted by atomic mass is 9.97. The summed E-state index contributed by atoms with van der Waals surface area (Å²) in [5, 5.41) is 4.84. The first-order valence-electron chi connectivity index (χ1n) is 5.37. The van der Waals surface area contributed by atoms with E-state index in [-0.39, 0.29) is 0 Å². The molecule has 1 heterocycles. The second kappa shape index (κ2) is 4.87. The van der Waals surface area contributed by atoms with Gasteiger partial charge in [0.25, 0.3) is 0 Å². The average molecular weight is 248 g/mol. The van der Waals surface area contributed by atoms with Crippen LogP contribution in [-0.2, 0) is 19.1 Å². The zero-order valence-corrected chi connectivity index (χ0v) is 9.67. The second-order valence-electron chi connectivity index (χ2n) is 3.84. The molecule has 0 aliphatic carbocycles. The summed E-state index contributed by atoms with van der Waals surface area (Å²) >= 11 is 0. The van der Waals surface area contributed by atoms with Crippen molar-refractivity contribution >= 4 is 17.8 Å². The van der Waals surface area contributed by atoms with Gasteiger partial charge in [-0.25, -0.2) is 4.79 Å². The Morgan fingerprint density at radius 3 is 2.33 bits per heavy atom. The summed E-state index contributed by atoms with van der Waals surface area (Å²) in [7, 11) is 1.23. The highest BCUT2D eigenvalue weighted by molar-refractivity contribution is 6.36. The maximum absolute atomic E-state index is 11.6. The van der Waals surface area contributed by atoms with Gasteiger partial charge >= 0.3 is 17.8 Å². The molecule has 1 fully saturated rings. The molecule has 1 aromatic carbocycles. The highest BCUT2D eigenvalue weighted by atomic mass is 16.5. The van der Waals surface area contributed by atoms with Gasteiger partial charge in [0.05, 0.1) is 13.2 Å². The maximum atomic E-state index is 11.6. The van der Waals surface area contributed by atoms with E-state index in [1.807, 2.05) is 6.07 Å². The first-order chi connectivity index (χ1) is 8.63. The number of benzene rings is 1. The number of rotatable bonds is 2. The Bertz CT molecular complexity index is 486. The van der Waals surface area contributed by atoms with Crippen LogP contribution in [0.1, 0.15) is 11.6 Å². The van der Waals surface area contributed by atoms with Gasteiger partial charge in [-0.15, -0.1) is 0 Å². The van der Waals surface area contributed by atoms with Crippen LogP contribution in [0.25, 0.3) is 0 Å². The quantitative estimate of drug-likeness (QED) is 0.546. The number of piperazine rings is 1. The van der Waals surface area contributed by atoms with Crippen LogP contribution in [0.5, 0.6) is 0 Å². The van der Waals surface area contributed by atoms with Crippen LogP contribution < -0.4 is 10.6 Å². The molecule has 18 heavy (non-hydrogen) atoms. The number of esters is 1. The van der Waals surface area contributed by atoms with Crippen LogP contribution in [0.3, 0.4) is 0 Å². The van der Waals surface area contributed by atoms with Gasteiger partial charge in [-0.1, -0.05) is 30.3 Å². The maximum Gasteiger partial charge on any atom is 0.330 e. The molecule has 2 atom stereocenters. The Hall–Kier alpha value is -2.37. The number of hydrogen-bond donors (Lipinski definition) is 2. The highest BCUT2D eigenvalue weighted by Gasteiger charge is 2.39. The van der Waals surface area contributed by atoms with Gasteiger partial charge in [0.15, 0.2) is 6.04 Å². The molecular formula is C12H12N2O4. The van der Waals surface area contributed by atoms with Gasteiger partial charge in [0.1, 0.15) is 0 Å². The number of ether oxygens (including phenoxy) is 1. The molecule has 94 valence electrons. The van der Waals surface area contributed by atoms with E-state index in [1.54, 1.807) is 24.3 Å². The molecule has 1 aliphatic rings. The smallest absolute Gasteiger partial charge is 0.330 e. The van der Waals surface area contributed by atoms with Gasteiger partial charge in [-0.3, -0.25) is 9.59 Å². The van der Waals surface area contributed by atoms with Crippen LogP contribution >= 0.6 is 0 Å². The van der Waals surface area contributed by atoms with E-state index in [1.165, 1.54) is 7.11 Å². The molecule has 0 unspecified atom stereocenters. The summed E-state index contributed by atoms with van der Waals surface area (Å²) in [4.78, 5) is 34.2. The van der Waals surface area contributed by atoms with Crippen LogP contribution in [0, 0.1) is 0 Å². The van der Waals surface area contributed by atoms with Crippen LogP contribution in [-0.4, -0.2) is 30.9 Å². The zero-order valence-electron chi connectivity index (χ0n) is 9.67. The molecule has 1 aromatic rings. The molecule has 2 N–H and O–H groups in total. The fraction of sp³-hybridized carbons (Fsp3) is 0.250. The average Bonchev–Trinajstić information content (AvgIpc) is 2.41. The number of carbonyl (C=O) groups excluding carboxylic acids is 3. The van der Waals surface area contributed by atoms with Gasteiger partial charge in [-0.05, 0) is 5.56 Å². The third-order valence-electron chi connectivity index (χ3n) is 2.73. The highest BCUT2D eigenvalue weighted by Crippen LogP contribution is 2.20. The SMILES string of the molecule is COC(=O)[C@H]1NC(=O)C(=O)N[C@@H]1c1ccccc1. The summed E-state index contributed by atoms with van der Waals surface area (Å²) < 4.78 is 4.62. The molecule has 0 aromatic heterocycles. The van der Waals surface area contributed by atoms with Gasteiger partial charge < -0.3 is 15.4 Å². The minimum absolute atomic E-state index is 0.600. The Morgan fingerprint density at radius 1 is 1.11 bits per heavy atom. The van der Waals surface area contributed by atoms with Crippen LogP contribution in [0.2, 0.25) is 0 Å². The zero-order chi connectivity index (χ0) is 13.1. The molecular weight excluding hydrogens is 236 g/mol. The van der Waals surface area contributed by atoms with E-state index in [2.05, 4.69) is 15.4 Å². The first-order valence-corrected chi connectivity index (χ1v) is 5.37. The van der Waals surface area contributed by atoms with Crippen molar-refractivity contribution in [1.29, 1.82) is 0 Å². The predicted molar refractivity (Wildman–Crippen MR) is 61.3 cm³/mol. The Labute approximate surface area is 103 Å². The fourth-order valence-electron chi connectivity index (χ4n) is 1.84. The summed E-state index contributed by atoms with van der Waals surface area (Å²) in [6.45, 7) is 0. The molecule has 0 bridgehead atoms. The molecule has 2 rings (SSSR count). The number of methoxy groups -OCH3 is 1. The van der Waals surface area contributed by atoms with E-state index >= 15 is 0 Å². The lowest BCUT2D eigenvalue weighted by Gasteiger charge is -2.30. The normalized spacial score (nSPS) is 22.9. The minimum Gasteiger partial charge on any atom is -0.467 e. The lowest BCUT2D eigenvalue weighted by Crippen LogP contribution is -2.60. The van der Waals surface area contributed by atoms with Crippen molar-refractivity contribution in [2.75, 3.05) is 7.11 Å². The van der Waals surface area contributed by atoms with Crippen molar-refractivity contribution in [3.8, 4) is 0 Å². The van der Waals surface area contributed by atoms with Crippen molar-refractivity contribution in [2.24, 2.45) is 0 Å². The first kappa shape index (κ1) is 12.1. The van der Waals surface area contributed by atoms with E-state index in [4.69, 9.17) is 0 Å². The molecule has 0 saturated carbocycles. The predicted octanol–water partition coefficient (Wildman–Crippen LogP) is -0.485. The van der Waals surface area contributed by atoms with E-state index in [0.717, 1.165) is 5.56 Å². The van der Waals surface area contributed by atoms with Crippen molar-refractivity contribution in [3.05, 3.63) is 35.9 Å². The van der Waals surface area contributed by atoms with Gasteiger partial charge in [-0.2, -0.15) is 0 Å². The topological polar surface area (TPSA) is 84.5 Å². The fourth-order valence-corrected chi connectivity index (χ4v) is 1.84. The Balaban J connectivity index is 2.32.